The van der Waals surface area contributed by atoms with Gasteiger partial charge in [-0.25, -0.2) is 0 Å². The molecule has 1 aliphatic rings. The first-order valence-corrected chi connectivity index (χ1v) is 6.62. The molecule has 0 aromatic heterocycles. The summed E-state index contributed by atoms with van der Waals surface area (Å²) in [6, 6.07) is 3.22. The molecule has 1 saturated carbocycles. The van der Waals surface area contributed by atoms with Crippen LogP contribution in [0, 0.1) is 5.92 Å². The van der Waals surface area contributed by atoms with Crippen molar-refractivity contribution in [1.82, 2.24) is 0 Å². The lowest BCUT2D eigenvalue weighted by molar-refractivity contribution is -0.116. The highest BCUT2D eigenvalue weighted by Crippen LogP contribution is 2.35. The zero-order valence-corrected chi connectivity index (χ0v) is 12.0. The van der Waals surface area contributed by atoms with Crippen molar-refractivity contribution in [1.29, 1.82) is 0 Å². The summed E-state index contributed by atoms with van der Waals surface area (Å²) in [5.74, 6) is 1.25. The highest BCUT2D eigenvalue weighted by atomic mass is 16.5. The second-order valence-corrected chi connectivity index (χ2v) is 5.00. The molecule has 0 radical (unpaired) electrons. The summed E-state index contributed by atoms with van der Waals surface area (Å²) in [7, 11) is 3.02. The number of carbonyl (C=O) groups excluding carboxylic acids is 2. The van der Waals surface area contributed by atoms with Crippen molar-refractivity contribution < 1.29 is 19.1 Å². The van der Waals surface area contributed by atoms with Gasteiger partial charge in [0.2, 0.25) is 5.91 Å². The number of benzene rings is 1. The Hall–Kier alpha value is -2.04. The predicted molar refractivity (Wildman–Crippen MR) is 75.5 cm³/mol. The molecular weight excluding hydrogens is 258 g/mol. The lowest BCUT2D eigenvalue weighted by Crippen LogP contribution is -2.14. The van der Waals surface area contributed by atoms with Crippen molar-refractivity contribution in [3.8, 4) is 11.5 Å². The van der Waals surface area contributed by atoms with Gasteiger partial charge in [0.1, 0.15) is 0 Å². The number of Topliss-reactive ketones (excluding diaryl/α,β-unsaturated/α-hetero) is 1. The monoisotopic (exact) mass is 277 g/mol. The largest absolute Gasteiger partial charge is 0.493 e. The van der Waals surface area contributed by atoms with Crippen LogP contribution in [0.1, 0.15) is 36.5 Å². The Morgan fingerprint density at radius 3 is 2.30 bits per heavy atom. The van der Waals surface area contributed by atoms with Gasteiger partial charge in [-0.05, 0) is 31.7 Å². The molecule has 0 bridgehead atoms. The molecule has 1 fully saturated rings. The molecule has 1 aromatic rings. The Morgan fingerprint density at radius 2 is 1.80 bits per heavy atom. The topological polar surface area (TPSA) is 64.6 Å². The van der Waals surface area contributed by atoms with Crippen molar-refractivity contribution in [3.63, 3.8) is 0 Å². The van der Waals surface area contributed by atoms with E-state index in [-0.39, 0.29) is 11.7 Å². The van der Waals surface area contributed by atoms with E-state index in [1.807, 2.05) is 0 Å². The molecule has 0 spiro atoms. The molecule has 5 nitrogen and oxygen atoms in total. The third-order valence-corrected chi connectivity index (χ3v) is 3.35. The first-order valence-electron chi connectivity index (χ1n) is 6.62. The molecule has 0 unspecified atom stereocenters. The van der Waals surface area contributed by atoms with Gasteiger partial charge in [-0.2, -0.15) is 0 Å². The van der Waals surface area contributed by atoms with E-state index in [1.165, 1.54) is 21.1 Å². The minimum Gasteiger partial charge on any atom is -0.493 e. The van der Waals surface area contributed by atoms with Gasteiger partial charge in [-0.1, -0.05) is 0 Å². The fourth-order valence-electron chi connectivity index (χ4n) is 2.06. The second kappa shape index (κ2) is 5.94. The number of methoxy groups -OCH3 is 2. The van der Waals surface area contributed by atoms with Crippen LogP contribution >= 0.6 is 0 Å². The zero-order chi connectivity index (χ0) is 14.7. The van der Waals surface area contributed by atoms with Gasteiger partial charge in [0.15, 0.2) is 17.3 Å². The number of ketones is 1. The molecule has 108 valence electrons. The molecule has 0 atom stereocenters. The van der Waals surface area contributed by atoms with E-state index < -0.39 is 0 Å². The number of carbonyl (C=O) groups is 2. The summed E-state index contributed by atoms with van der Waals surface area (Å²) >= 11 is 0. The normalized spacial score (nSPS) is 13.8. The molecular formula is C15H19NO4. The molecule has 1 amide bonds. The van der Waals surface area contributed by atoms with Gasteiger partial charge in [0.25, 0.3) is 0 Å². The number of hydrogen-bond donors (Lipinski definition) is 1. The van der Waals surface area contributed by atoms with E-state index in [0.717, 1.165) is 12.8 Å². The lowest BCUT2D eigenvalue weighted by Gasteiger charge is -2.14. The van der Waals surface area contributed by atoms with Crippen molar-refractivity contribution in [2.75, 3.05) is 19.5 Å². The quantitative estimate of drug-likeness (QED) is 0.812. The van der Waals surface area contributed by atoms with E-state index in [0.29, 0.717) is 35.1 Å². The van der Waals surface area contributed by atoms with Crippen LogP contribution in [0.4, 0.5) is 5.69 Å². The molecule has 2 rings (SSSR count). The van der Waals surface area contributed by atoms with Gasteiger partial charge in [-0.15, -0.1) is 0 Å². The van der Waals surface area contributed by atoms with Gasteiger partial charge >= 0.3 is 0 Å². The number of hydrogen-bond acceptors (Lipinski definition) is 4. The SMILES string of the molecule is COc1cc(NC(=O)CC2CC2)c(C(C)=O)cc1OC. The second-order valence-electron chi connectivity index (χ2n) is 5.00. The highest BCUT2D eigenvalue weighted by Gasteiger charge is 2.25. The molecule has 0 aliphatic heterocycles. The van der Waals surface area contributed by atoms with E-state index in [1.54, 1.807) is 12.1 Å². The average molecular weight is 277 g/mol. The van der Waals surface area contributed by atoms with Crippen LogP contribution in [0.15, 0.2) is 12.1 Å². The van der Waals surface area contributed by atoms with E-state index >= 15 is 0 Å². The third kappa shape index (κ3) is 3.29. The Bertz CT molecular complexity index is 535. The van der Waals surface area contributed by atoms with Crippen LogP contribution in [-0.2, 0) is 4.79 Å². The maximum Gasteiger partial charge on any atom is 0.224 e. The fraction of sp³-hybridized carbons (Fsp3) is 0.467. The van der Waals surface area contributed by atoms with E-state index in [2.05, 4.69) is 5.32 Å². The third-order valence-electron chi connectivity index (χ3n) is 3.35. The number of anilines is 1. The van der Waals surface area contributed by atoms with Gasteiger partial charge < -0.3 is 14.8 Å². The molecule has 1 N–H and O–H groups in total. The predicted octanol–water partition coefficient (Wildman–Crippen LogP) is 2.65. The summed E-state index contributed by atoms with van der Waals surface area (Å²) < 4.78 is 10.4. The zero-order valence-electron chi connectivity index (χ0n) is 12.0. The molecule has 0 saturated heterocycles. The molecule has 1 aliphatic carbocycles. The van der Waals surface area contributed by atoms with Crippen LogP contribution in [0.25, 0.3) is 0 Å². The van der Waals surface area contributed by atoms with Crippen LogP contribution in [0.2, 0.25) is 0 Å². The summed E-state index contributed by atoms with van der Waals surface area (Å²) in [6.45, 7) is 1.46. The average Bonchev–Trinajstić information content (AvgIpc) is 3.21. The number of rotatable bonds is 6. The minimum absolute atomic E-state index is 0.0674. The van der Waals surface area contributed by atoms with Crippen LogP contribution in [-0.4, -0.2) is 25.9 Å². The number of nitrogens with one attached hydrogen (secondary N) is 1. The summed E-state index contributed by atoms with van der Waals surface area (Å²) in [5, 5.41) is 2.79. The maximum absolute atomic E-state index is 11.9. The van der Waals surface area contributed by atoms with Crippen molar-refractivity contribution in [2.24, 2.45) is 5.92 Å². The molecule has 1 aromatic carbocycles. The van der Waals surface area contributed by atoms with Crippen LogP contribution < -0.4 is 14.8 Å². The van der Waals surface area contributed by atoms with Gasteiger partial charge in [-0.3, -0.25) is 9.59 Å². The smallest absolute Gasteiger partial charge is 0.224 e. The highest BCUT2D eigenvalue weighted by molar-refractivity contribution is 6.04. The van der Waals surface area contributed by atoms with Crippen molar-refractivity contribution in [3.05, 3.63) is 17.7 Å². The van der Waals surface area contributed by atoms with Gasteiger partial charge in [0.05, 0.1) is 19.9 Å². The van der Waals surface area contributed by atoms with Crippen molar-refractivity contribution >= 4 is 17.4 Å². The summed E-state index contributed by atoms with van der Waals surface area (Å²) in [5.41, 5.74) is 0.896. The molecule has 20 heavy (non-hydrogen) atoms. The summed E-state index contributed by atoms with van der Waals surface area (Å²) in [4.78, 5) is 23.6. The standard InChI is InChI=1S/C15H19NO4/c1-9(17)11-7-13(19-2)14(20-3)8-12(11)16-15(18)6-10-4-5-10/h7-8,10H,4-6H2,1-3H3,(H,16,18). The maximum atomic E-state index is 11.9. The lowest BCUT2D eigenvalue weighted by atomic mass is 10.1. The first kappa shape index (κ1) is 14.4. The number of ether oxygens (including phenoxy) is 2. The molecule has 5 heteroatoms. The van der Waals surface area contributed by atoms with Gasteiger partial charge in [0, 0.05) is 18.1 Å². The number of amides is 1. The minimum atomic E-state index is -0.132. The first-order chi connectivity index (χ1) is 9.55. The Labute approximate surface area is 118 Å². The van der Waals surface area contributed by atoms with Crippen molar-refractivity contribution in [2.45, 2.75) is 26.2 Å². The Kier molecular flexibility index (Phi) is 4.27. The fourth-order valence-corrected chi connectivity index (χ4v) is 2.06. The molecule has 0 heterocycles. The van der Waals surface area contributed by atoms with E-state index in [4.69, 9.17) is 9.47 Å². The van der Waals surface area contributed by atoms with Crippen LogP contribution in [0.5, 0.6) is 11.5 Å². The van der Waals surface area contributed by atoms with Crippen LogP contribution in [0.3, 0.4) is 0 Å². The van der Waals surface area contributed by atoms with E-state index in [9.17, 15) is 9.59 Å². The Balaban J connectivity index is 2.28. The Morgan fingerprint density at radius 1 is 1.20 bits per heavy atom. The summed E-state index contributed by atoms with van der Waals surface area (Å²) in [6.07, 6.45) is 2.73.